The van der Waals surface area contributed by atoms with Crippen molar-refractivity contribution in [2.75, 3.05) is 13.1 Å². The Hall–Kier alpha value is -2.30. The maximum atomic E-state index is 12.5. The minimum Gasteiger partial charge on any atom is -0.481 e. The Bertz CT molecular complexity index is 793. The van der Waals surface area contributed by atoms with Gasteiger partial charge in [0.2, 0.25) is 5.91 Å². The highest BCUT2D eigenvalue weighted by molar-refractivity contribution is 5.83. The van der Waals surface area contributed by atoms with Crippen molar-refractivity contribution in [3.05, 3.63) is 36.0 Å². The normalized spacial score (nSPS) is 23.3. The minimum atomic E-state index is -0.744. The maximum Gasteiger partial charge on any atom is 0.308 e. The number of hydrogen-bond donors (Lipinski definition) is 2. The number of rotatable bonds is 6. The molecule has 5 heteroatoms. The number of carbonyl (C=O) groups is 2. The molecule has 132 valence electrons. The van der Waals surface area contributed by atoms with Gasteiger partial charge < -0.3 is 15.0 Å². The zero-order valence-corrected chi connectivity index (χ0v) is 14.3. The van der Waals surface area contributed by atoms with Gasteiger partial charge in [-0.2, -0.15) is 0 Å². The molecule has 2 atom stereocenters. The number of aromatic amines is 1. The number of hydrogen-bond acceptors (Lipinski definition) is 2. The third-order valence-electron chi connectivity index (χ3n) is 5.77. The summed E-state index contributed by atoms with van der Waals surface area (Å²) < 4.78 is 0. The molecule has 0 bridgehead atoms. The molecule has 1 saturated heterocycles. The summed E-state index contributed by atoms with van der Waals surface area (Å²) in [6, 6.07) is 8.19. The first kappa shape index (κ1) is 16.2. The number of aliphatic carboxylic acids is 1. The summed E-state index contributed by atoms with van der Waals surface area (Å²) in [5.74, 6) is -0.328. The highest BCUT2D eigenvalue weighted by Crippen LogP contribution is 2.44. The molecule has 1 aliphatic heterocycles. The second kappa shape index (κ2) is 6.54. The first-order chi connectivity index (χ1) is 12.1. The Balaban J connectivity index is 1.32. The number of H-pyrrole nitrogens is 1. The Labute approximate surface area is 147 Å². The number of nitrogens with one attached hydrogen (secondary N) is 1. The standard InChI is InChI=1S/C20H24N2O3/c23-19(22-11-16(13-8-9-13)17(12-22)20(24)25)7-3-4-14-10-21-18-6-2-1-5-15(14)18/h1-2,5-6,10,13,16-17,21H,3-4,7-9,11-12H2,(H,24,25)/t16-,17+/m1/s1. The van der Waals surface area contributed by atoms with E-state index in [4.69, 9.17) is 0 Å². The van der Waals surface area contributed by atoms with Crippen LogP contribution in [0.15, 0.2) is 30.5 Å². The molecular weight excluding hydrogens is 316 g/mol. The lowest BCUT2D eigenvalue weighted by Crippen LogP contribution is -2.29. The van der Waals surface area contributed by atoms with Crippen molar-refractivity contribution in [1.29, 1.82) is 0 Å². The molecule has 2 aromatic rings. The first-order valence-electron chi connectivity index (χ1n) is 9.19. The number of nitrogens with zero attached hydrogens (tertiary/aromatic N) is 1. The van der Waals surface area contributed by atoms with Crippen molar-refractivity contribution in [2.24, 2.45) is 17.8 Å². The molecule has 1 aromatic heterocycles. The quantitative estimate of drug-likeness (QED) is 0.849. The lowest BCUT2D eigenvalue weighted by Gasteiger charge is -2.16. The van der Waals surface area contributed by atoms with Gasteiger partial charge in [0, 0.05) is 36.6 Å². The fourth-order valence-corrected chi connectivity index (χ4v) is 4.22. The van der Waals surface area contributed by atoms with E-state index >= 15 is 0 Å². The van der Waals surface area contributed by atoms with Gasteiger partial charge in [0.25, 0.3) is 0 Å². The molecule has 4 rings (SSSR count). The lowest BCUT2D eigenvalue weighted by atomic mass is 9.92. The number of carbonyl (C=O) groups excluding carboxylic acids is 1. The topological polar surface area (TPSA) is 73.4 Å². The van der Waals surface area contributed by atoms with Gasteiger partial charge in [-0.25, -0.2) is 0 Å². The van der Waals surface area contributed by atoms with E-state index in [0.717, 1.165) is 31.2 Å². The summed E-state index contributed by atoms with van der Waals surface area (Å²) in [4.78, 5) is 29.0. The molecule has 2 N–H and O–H groups in total. The number of aromatic nitrogens is 1. The molecule has 1 amide bonds. The zero-order chi connectivity index (χ0) is 17.4. The van der Waals surface area contributed by atoms with E-state index in [-0.39, 0.29) is 17.7 Å². The van der Waals surface area contributed by atoms with Crippen LogP contribution in [0.1, 0.15) is 31.2 Å². The SMILES string of the molecule is O=C(O)[C@H]1CN(C(=O)CCCc2c[nH]c3ccccc23)C[C@@H]1C1CC1. The summed E-state index contributed by atoms with van der Waals surface area (Å²) in [5.41, 5.74) is 2.36. The second-order valence-corrected chi connectivity index (χ2v) is 7.46. The van der Waals surface area contributed by atoms with E-state index in [1.807, 2.05) is 18.3 Å². The van der Waals surface area contributed by atoms with Crippen LogP contribution in [0.5, 0.6) is 0 Å². The van der Waals surface area contributed by atoms with Crippen molar-refractivity contribution in [1.82, 2.24) is 9.88 Å². The van der Waals surface area contributed by atoms with Gasteiger partial charge in [0.1, 0.15) is 0 Å². The third kappa shape index (κ3) is 3.28. The number of fused-ring (bicyclic) bond motifs is 1. The van der Waals surface area contributed by atoms with Crippen LogP contribution in [0.2, 0.25) is 0 Å². The van der Waals surface area contributed by atoms with Crippen molar-refractivity contribution >= 4 is 22.8 Å². The number of aryl methyl sites for hydroxylation is 1. The van der Waals surface area contributed by atoms with Crippen LogP contribution in [0.3, 0.4) is 0 Å². The molecule has 0 radical (unpaired) electrons. The molecule has 2 fully saturated rings. The van der Waals surface area contributed by atoms with Crippen molar-refractivity contribution < 1.29 is 14.7 Å². The van der Waals surface area contributed by atoms with E-state index in [1.165, 1.54) is 10.9 Å². The predicted molar refractivity (Wildman–Crippen MR) is 95.2 cm³/mol. The number of benzene rings is 1. The van der Waals surface area contributed by atoms with Crippen LogP contribution in [0.4, 0.5) is 0 Å². The van der Waals surface area contributed by atoms with Gasteiger partial charge in [0.15, 0.2) is 0 Å². The summed E-state index contributed by atoms with van der Waals surface area (Å²) >= 11 is 0. The summed E-state index contributed by atoms with van der Waals surface area (Å²) in [7, 11) is 0. The maximum absolute atomic E-state index is 12.5. The Kier molecular flexibility index (Phi) is 4.24. The van der Waals surface area contributed by atoms with Gasteiger partial charge in [-0.15, -0.1) is 0 Å². The molecule has 25 heavy (non-hydrogen) atoms. The van der Waals surface area contributed by atoms with E-state index in [0.29, 0.717) is 25.4 Å². The lowest BCUT2D eigenvalue weighted by molar-refractivity contribution is -0.142. The average molecular weight is 340 g/mol. The highest BCUT2D eigenvalue weighted by Gasteiger charge is 2.46. The number of para-hydroxylation sites is 1. The van der Waals surface area contributed by atoms with Gasteiger partial charge in [-0.1, -0.05) is 18.2 Å². The van der Waals surface area contributed by atoms with Gasteiger partial charge in [-0.05, 0) is 49.1 Å². The molecule has 5 nitrogen and oxygen atoms in total. The van der Waals surface area contributed by atoms with E-state index in [9.17, 15) is 14.7 Å². The van der Waals surface area contributed by atoms with Crippen LogP contribution in [-0.2, 0) is 16.0 Å². The van der Waals surface area contributed by atoms with Crippen molar-refractivity contribution in [3.63, 3.8) is 0 Å². The molecule has 1 saturated carbocycles. The van der Waals surface area contributed by atoms with Gasteiger partial charge >= 0.3 is 5.97 Å². The Morgan fingerprint density at radius 1 is 1.20 bits per heavy atom. The smallest absolute Gasteiger partial charge is 0.308 e. The molecule has 0 spiro atoms. The molecular formula is C20H24N2O3. The largest absolute Gasteiger partial charge is 0.481 e. The fraction of sp³-hybridized carbons (Fsp3) is 0.500. The molecule has 0 unspecified atom stereocenters. The second-order valence-electron chi connectivity index (χ2n) is 7.46. The van der Waals surface area contributed by atoms with E-state index in [1.54, 1.807) is 4.90 Å². The zero-order valence-electron chi connectivity index (χ0n) is 14.3. The van der Waals surface area contributed by atoms with Crippen LogP contribution < -0.4 is 0 Å². The molecule has 2 aliphatic rings. The van der Waals surface area contributed by atoms with Crippen LogP contribution in [-0.4, -0.2) is 40.0 Å². The van der Waals surface area contributed by atoms with Crippen molar-refractivity contribution in [2.45, 2.75) is 32.1 Å². The average Bonchev–Trinajstić information content (AvgIpc) is 3.21. The summed E-state index contributed by atoms with van der Waals surface area (Å²) in [5, 5.41) is 10.6. The third-order valence-corrected chi connectivity index (χ3v) is 5.77. The monoisotopic (exact) mass is 340 g/mol. The Morgan fingerprint density at radius 3 is 2.76 bits per heavy atom. The molecule has 1 aliphatic carbocycles. The molecule has 1 aromatic carbocycles. The number of carboxylic acids is 1. The fourth-order valence-electron chi connectivity index (χ4n) is 4.22. The summed E-state index contributed by atoms with van der Waals surface area (Å²) in [6.07, 6.45) is 6.41. The summed E-state index contributed by atoms with van der Waals surface area (Å²) in [6.45, 7) is 1.02. The van der Waals surface area contributed by atoms with Crippen LogP contribution in [0.25, 0.3) is 10.9 Å². The van der Waals surface area contributed by atoms with Crippen LogP contribution in [0, 0.1) is 17.8 Å². The highest BCUT2D eigenvalue weighted by atomic mass is 16.4. The molecule has 2 heterocycles. The van der Waals surface area contributed by atoms with E-state index in [2.05, 4.69) is 17.1 Å². The minimum absolute atomic E-state index is 0.106. The van der Waals surface area contributed by atoms with Crippen molar-refractivity contribution in [3.8, 4) is 0 Å². The number of carboxylic acid groups (broad SMARTS) is 1. The number of amides is 1. The van der Waals surface area contributed by atoms with Gasteiger partial charge in [-0.3, -0.25) is 9.59 Å². The van der Waals surface area contributed by atoms with E-state index < -0.39 is 5.97 Å². The predicted octanol–water partition coefficient (Wildman–Crippen LogP) is 3.06. The number of likely N-dealkylation sites (tertiary alicyclic amines) is 1. The Morgan fingerprint density at radius 2 is 2.00 bits per heavy atom. The first-order valence-corrected chi connectivity index (χ1v) is 9.19. The van der Waals surface area contributed by atoms with Gasteiger partial charge in [0.05, 0.1) is 5.92 Å². The van der Waals surface area contributed by atoms with Crippen LogP contribution >= 0.6 is 0 Å².